The fourth-order valence-corrected chi connectivity index (χ4v) is 1.93. The van der Waals surface area contributed by atoms with Gasteiger partial charge in [-0.05, 0) is 38.3 Å². The number of hydrogen-bond donors (Lipinski definition) is 2. The van der Waals surface area contributed by atoms with Crippen LogP contribution in [-0.4, -0.2) is 28.8 Å². The Kier molecular flexibility index (Phi) is 7.45. The molecule has 1 aromatic rings. The first-order valence-electron chi connectivity index (χ1n) is 7.71. The maximum Gasteiger partial charge on any atom is 0.408 e. The molecule has 24 heavy (non-hydrogen) atoms. The van der Waals surface area contributed by atoms with Crippen molar-refractivity contribution in [2.45, 2.75) is 52.0 Å². The average molecular weight is 335 g/mol. The summed E-state index contributed by atoms with van der Waals surface area (Å²) in [5.74, 6) is -0.589. The molecule has 0 aromatic heterocycles. The van der Waals surface area contributed by atoms with E-state index in [0.29, 0.717) is 11.1 Å². The molecule has 0 saturated heterocycles. The van der Waals surface area contributed by atoms with E-state index < -0.39 is 23.7 Å². The molecule has 0 fully saturated rings. The van der Waals surface area contributed by atoms with Crippen molar-refractivity contribution < 1.29 is 24.2 Å². The molecule has 132 valence electrons. The van der Waals surface area contributed by atoms with Crippen LogP contribution in [0.4, 0.5) is 4.79 Å². The molecule has 1 aromatic carbocycles. The molecule has 0 aliphatic heterocycles. The zero-order valence-corrected chi connectivity index (χ0v) is 14.4. The first-order chi connectivity index (χ1) is 11.3. The van der Waals surface area contributed by atoms with E-state index in [-0.39, 0.29) is 19.6 Å². The summed E-state index contributed by atoms with van der Waals surface area (Å²) in [5, 5.41) is 11.8. The molecule has 1 rings (SSSR count). The molecule has 0 unspecified atom stereocenters. The number of carbonyl (C=O) groups excluding carboxylic acids is 2. The minimum atomic E-state index is -0.876. The van der Waals surface area contributed by atoms with Gasteiger partial charge >= 0.3 is 12.1 Å². The molecule has 0 spiro atoms. The maximum absolute atomic E-state index is 12.2. The Bertz CT molecular complexity index is 577. The number of aliphatic hydroxyl groups excluding tert-OH is 1. The minimum absolute atomic E-state index is 0.0131. The molecule has 0 radical (unpaired) electrons. The van der Waals surface area contributed by atoms with Crippen LogP contribution in [0.3, 0.4) is 0 Å². The zero-order chi connectivity index (χ0) is 18.2. The lowest BCUT2D eigenvalue weighted by Crippen LogP contribution is -2.44. The number of alkyl carbamates (subject to hydrolysis) is 1. The van der Waals surface area contributed by atoms with Gasteiger partial charge in [-0.3, -0.25) is 0 Å². The van der Waals surface area contributed by atoms with Gasteiger partial charge in [-0.2, -0.15) is 0 Å². The van der Waals surface area contributed by atoms with E-state index in [1.165, 1.54) is 6.08 Å². The Morgan fingerprint density at radius 2 is 1.92 bits per heavy atom. The summed E-state index contributed by atoms with van der Waals surface area (Å²) in [6.07, 6.45) is 1.05. The molecule has 6 heteroatoms. The summed E-state index contributed by atoms with van der Waals surface area (Å²) >= 11 is 0. The van der Waals surface area contributed by atoms with Crippen LogP contribution in [-0.2, 0) is 27.5 Å². The summed E-state index contributed by atoms with van der Waals surface area (Å²) in [4.78, 5) is 24.0. The van der Waals surface area contributed by atoms with E-state index in [9.17, 15) is 14.7 Å². The minimum Gasteiger partial charge on any atom is -0.459 e. The molecule has 2 N–H and O–H groups in total. The van der Waals surface area contributed by atoms with Gasteiger partial charge in [-0.1, -0.05) is 30.3 Å². The Labute approximate surface area is 142 Å². The monoisotopic (exact) mass is 335 g/mol. The molecule has 1 atom stereocenters. The Hall–Kier alpha value is -2.34. The van der Waals surface area contributed by atoms with Crippen molar-refractivity contribution in [2.24, 2.45) is 0 Å². The van der Waals surface area contributed by atoms with Crippen LogP contribution in [0.25, 0.3) is 0 Å². The van der Waals surface area contributed by atoms with E-state index in [1.807, 2.05) is 0 Å². The molecule has 0 saturated carbocycles. The lowest BCUT2D eigenvalue weighted by atomic mass is 10.1. The number of rotatable bonds is 7. The van der Waals surface area contributed by atoms with Crippen molar-refractivity contribution in [3.05, 3.63) is 48.0 Å². The van der Waals surface area contributed by atoms with Gasteiger partial charge in [0.05, 0.1) is 6.61 Å². The van der Waals surface area contributed by atoms with Gasteiger partial charge in [0.15, 0.2) is 0 Å². The van der Waals surface area contributed by atoms with Gasteiger partial charge in [0.2, 0.25) is 0 Å². The average Bonchev–Trinajstić information content (AvgIpc) is 2.50. The van der Waals surface area contributed by atoms with Gasteiger partial charge in [-0.15, -0.1) is 6.58 Å². The first-order valence-corrected chi connectivity index (χ1v) is 7.71. The number of amides is 1. The Morgan fingerprint density at radius 3 is 2.46 bits per heavy atom. The second-order valence-electron chi connectivity index (χ2n) is 6.26. The Morgan fingerprint density at radius 1 is 1.29 bits per heavy atom. The van der Waals surface area contributed by atoms with Gasteiger partial charge < -0.3 is 19.9 Å². The van der Waals surface area contributed by atoms with Crippen LogP contribution in [0, 0.1) is 0 Å². The number of hydrogen-bond acceptors (Lipinski definition) is 5. The van der Waals surface area contributed by atoms with Crippen LogP contribution < -0.4 is 5.32 Å². The molecule has 1 amide bonds. The highest BCUT2D eigenvalue weighted by atomic mass is 16.6. The zero-order valence-electron chi connectivity index (χ0n) is 14.4. The second kappa shape index (κ2) is 9.08. The normalized spacial score (nSPS) is 12.2. The fourth-order valence-electron chi connectivity index (χ4n) is 1.93. The summed E-state index contributed by atoms with van der Waals surface area (Å²) in [6.45, 7) is 8.66. The van der Waals surface area contributed by atoms with Crippen LogP contribution in [0.15, 0.2) is 36.9 Å². The van der Waals surface area contributed by atoms with Crippen molar-refractivity contribution in [2.75, 3.05) is 0 Å². The fraction of sp³-hybridized carbons (Fsp3) is 0.444. The first kappa shape index (κ1) is 19.7. The number of benzene rings is 1. The highest BCUT2D eigenvalue weighted by Crippen LogP contribution is 2.12. The SMILES string of the molecule is C=CC[C@H](NC(=O)OC(C)(C)C)C(=O)OCc1ccccc1CO. The quantitative estimate of drug-likeness (QED) is 0.591. The summed E-state index contributed by atoms with van der Waals surface area (Å²) in [6, 6.07) is 6.23. The van der Waals surface area contributed by atoms with Gasteiger partial charge in [0.1, 0.15) is 18.2 Å². The van der Waals surface area contributed by atoms with Gasteiger partial charge in [-0.25, -0.2) is 9.59 Å². The highest BCUT2D eigenvalue weighted by molar-refractivity contribution is 5.81. The standard InChI is InChI=1S/C18H25NO5/c1-5-8-15(19-17(22)24-18(2,3)4)16(21)23-12-14-10-7-6-9-13(14)11-20/h5-7,9-10,15,20H,1,8,11-12H2,2-4H3,(H,19,22)/t15-/m0/s1. The van der Waals surface area contributed by atoms with Crippen molar-refractivity contribution in [1.82, 2.24) is 5.32 Å². The third-order valence-electron chi connectivity index (χ3n) is 3.04. The van der Waals surface area contributed by atoms with E-state index >= 15 is 0 Å². The van der Waals surface area contributed by atoms with Crippen LogP contribution in [0.1, 0.15) is 38.3 Å². The lowest BCUT2D eigenvalue weighted by Gasteiger charge is -2.22. The van der Waals surface area contributed by atoms with E-state index in [0.717, 1.165) is 0 Å². The third-order valence-corrected chi connectivity index (χ3v) is 3.04. The molecular formula is C18H25NO5. The van der Waals surface area contributed by atoms with Gasteiger partial charge in [0, 0.05) is 0 Å². The van der Waals surface area contributed by atoms with Crippen LogP contribution in [0.2, 0.25) is 0 Å². The number of carbonyl (C=O) groups is 2. The van der Waals surface area contributed by atoms with E-state index in [1.54, 1.807) is 45.0 Å². The topological polar surface area (TPSA) is 84.9 Å². The number of esters is 1. The van der Waals surface area contributed by atoms with E-state index in [4.69, 9.17) is 9.47 Å². The van der Waals surface area contributed by atoms with Crippen molar-refractivity contribution in [3.8, 4) is 0 Å². The Balaban J connectivity index is 2.66. The second-order valence-corrected chi connectivity index (χ2v) is 6.26. The summed E-state index contributed by atoms with van der Waals surface area (Å²) < 4.78 is 10.4. The molecule has 0 aliphatic carbocycles. The van der Waals surface area contributed by atoms with Crippen LogP contribution in [0.5, 0.6) is 0 Å². The molecular weight excluding hydrogens is 310 g/mol. The maximum atomic E-state index is 12.2. The lowest BCUT2D eigenvalue weighted by molar-refractivity contribution is -0.147. The van der Waals surface area contributed by atoms with E-state index in [2.05, 4.69) is 11.9 Å². The van der Waals surface area contributed by atoms with Crippen LogP contribution >= 0.6 is 0 Å². The predicted octanol–water partition coefficient (Wildman–Crippen LogP) is 2.69. The van der Waals surface area contributed by atoms with Crippen molar-refractivity contribution >= 4 is 12.1 Å². The van der Waals surface area contributed by atoms with Gasteiger partial charge in [0.25, 0.3) is 0 Å². The molecule has 0 aliphatic rings. The predicted molar refractivity (Wildman–Crippen MR) is 90.1 cm³/mol. The molecule has 0 heterocycles. The largest absolute Gasteiger partial charge is 0.459 e. The third kappa shape index (κ3) is 6.83. The number of ether oxygens (including phenoxy) is 2. The molecule has 6 nitrogen and oxygen atoms in total. The number of aliphatic hydroxyl groups is 1. The van der Waals surface area contributed by atoms with Crippen molar-refractivity contribution in [1.29, 1.82) is 0 Å². The highest BCUT2D eigenvalue weighted by Gasteiger charge is 2.24. The summed E-state index contributed by atoms with van der Waals surface area (Å²) in [5.41, 5.74) is 0.737. The van der Waals surface area contributed by atoms with Crippen molar-refractivity contribution in [3.63, 3.8) is 0 Å². The molecule has 0 bridgehead atoms. The smallest absolute Gasteiger partial charge is 0.408 e. The number of nitrogens with one attached hydrogen (secondary N) is 1. The summed E-state index contributed by atoms with van der Waals surface area (Å²) in [7, 11) is 0.